The Labute approximate surface area is 162 Å². The van der Waals surface area contributed by atoms with Crippen molar-refractivity contribution in [3.05, 3.63) is 59.7 Å². The van der Waals surface area contributed by atoms with Gasteiger partial charge in [0, 0.05) is 19.2 Å². The van der Waals surface area contributed by atoms with Gasteiger partial charge in [0.25, 0.3) is 5.22 Å². The molecule has 0 spiro atoms. The summed E-state index contributed by atoms with van der Waals surface area (Å²) in [6.07, 6.45) is 0. The minimum absolute atomic E-state index is 0.0158. The number of aromatic nitrogens is 2. The second-order valence-corrected chi connectivity index (χ2v) is 7.06. The van der Waals surface area contributed by atoms with Gasteiger partial charge in [-0.25, -0.2) is 0 Å². The molecular weight excluding hydrogens is 362 g/mol. The Balaban J connectivity index is 1.54. The highest BCUT2D eigenvalue weighted by molar-refractivity contribution is 7.99. The fourth-order valence-corrected chi connectivity index (χ4v) is 3.15. The molecule has 0 aliphatic heterocycles. The number of methoxy groups -OCH3 is 1. The van der Waals surface area contributed by atoms with E-state index in [9.17, 15) is 4.79 Å². The number of hydrogen-bond donors (Lipinski definition) is 0. The minimum atomic E-state index is -0.0158. The van der Waals surface area contributed by atoms with E-state index in [0.717, 1.165) is 22.4 Å². The Morgan fingerprint density at radius 3 is 2.70 bits per heavy atom. The lowest BCUT2D eigenvalue weighted by atomic mass is 10.1. The fourth-order valence-electron chi connectivity index (χ4n) is 2.45. The van der Waals surface area contributed by atoms with Gasteiger partial charge in [-0.1, -0.05) is 41.6 Å². The van der Waals surface area contributed by atoms with E-state index in [1.165, 1.54) is 11.8 Å². The van der Waals surface area contributed by atoms with Gasteiger partial charge in [0.05, 0.1) is 12.9 Å². The van der Waals surface area contributed by atoms with E-state index in [1.54, 1.807) is 19.1 Å². The van der Waals surface area contributed by atoms with Crippen molar-refractivity contribution in [3.63, 3.8) is 0 Å². The standard InChI is InChI=1S/C20H21N3O3S/c1-14-7-9-16(10-8-14)19-21-22-20(26-19)27-13-18(24)23(2)12-15-5-4-6-17(11-15)25-3/h4-11H,12-13H2,1-3H3. The molecule has 0 aliphatic carbocycles. The topological polar surface area (TPSA) is 68.5 Å². The number of carbonyl (C=O) groups is 1. The average Bonchev–Trinajstić information content (AvgIpc) is 3.15. The Kier molecular flexibility index (Phi) is 6.13. The highest BCUT2D eigenvalue weighted by atomic mass is 32.2. The van der Waals surface area contributed by atoms with Gasteiger partial charge in [-0.05, 0) is 36.8 Å². The summed E-state index contributed by atoms with van der Waals surface area (Å²) in [7, 11) is 3.40. The van der Waals surface area contributed by atoms with Crippen molar-refractivity contribution < 1.29 is 13.9 Å². The lowest BCUT2D eigenvalue weighted by molar-refractivity contribution is -0.127. The van der Waals surface area contributed by atoms with Crippen LogP contribution in [0.25, 0.3) is 11.5 Å². The first-order chi connectivity index (χ1) is 13.0. The zero-order chi connectivity index (χ0) is 19.2. The predicted molar refractivity (Wildman–Crippen MR) is 105 cm³/mol. The molecule has 0 N–H and O–H groups in total. The van der Waals surface area contributed by atoms with Gasteiger partial charge < -0.3 is 14.1 Å². The van der Waals surface area contributed by atoms with Gasteiger partial charge in [-0.15, -0.1) is 10.2 Å². The van der Waals surface area contributed by atoms with Crippen molar-refractivity contribution >= 4 is 17.7 Å². The van der Waals surface area contributed by atoms with Crippen LogP contribution in [0.2, 0.25) is 0 Å². The number of aryl methyl sites for hydroxylation is 1. The first-order valence-electron chi connectivity index (χ1n) is 8.45. The SMILES string of the molecule is COc1cccc(CN(C)C(=O)CSc2nnc(-c3ccc(C)cc3)o2)c1. The van der Waals surface area contributed by atoms with Crippen molar-refractivity contribution in [3.8, 4) is 17.2 Å². The number of carbonyl (C=O) groups excluding carboxylic acids is 1. The van der Waals surface area contributed by atoms with Crippen molar-refractivity contribution in [2.24, 2.45) is 0 Å². The third-order valence-electron chi connectivity index (χ3n) is 4.00. The number of ether oxygens (including phenoxy) is 1. The first-order valence-corrected chi connectivity index (χ1v) is 9.44. The minimum Gasteiger partial charge on any atom is -0.497 e. The molecule has 140 valence electrons. The lowest BCUT2D eigenvalue weighted by Crippen LogP contribution is -2.27. The van der Waals surface area contributed by atoms with Crippen molar-refractivity contribution in [1.29, 1.82) is 0 Å². The molecule has 0 unspecified atom stereocenters. The third-order valence-corrected chi connectivity index (χ3v) is 4.81. The largest absolute Gasteiger partial charge is 0.497 e. The average molecular weight is 383 g/mol. The zero-order valence-corrected chi connectivity index (χ0v) is 16.3. The van der Waals surface area contributed by atoms with Gasteiger partial charge in [0.2, 0.25) is 11.8 Å². The smallest absolute Gasteiger partial charge is 0.277 e. The van der Waals surface area contributed by atoms with Crippen LogP contribution < -0.4 is 4.74 Å². The summed E-state index contributed by atoms with van der Waals surface area (Å²) < 4.78 is 10.9. The zero-order valence-electron chi connectivity index (χ0n) is 15.5. The van der Waals surface area contributed by atoms with Crippen LogP contribution in [0.5, 0.6) is 5.75 Å². The lowest BCUT2D eigenvalue weighted by Gasteiger charge is -2.17. The van der Waals surface area contributed by atoms with E-state index in [4.69, 9.17) is 9.15 Å². The molecular formula is C20H21N3O3S. The van der Waals surface area contributed by atoms with Crippen LogP contribution in [-0.4, -0.2) is 40.9 Å². The summed E-state index contributed by atoms with van der Waals surface area (Å²) in [6.45, 7) is 2.53. The van der Waals surface area contributed by atoms with E-state index in [-0.39, 0.29) is 11.7 Å². The van der Waals surface area contributed by atoms with Crippen LogP contribution in [0.3, 0.4) is 0 Å². The van der Waals surface area contributed by atoms with Gasteiger partial charge >= 0.3 is 0 Å². The second-order valence-electron chi connectivity index (χ2n) is 6.13. The maximum atomic E-state index is 12.4. The Morgan fingerprint density at radius 2 is 1.96 bits per heavy atom. The van der Waals surface area contributed by atoms with Gasteiger partial charge in [0.15, 0.2) is 0 Å². The molecule has 0 atom stereocenters. The molecule has 0 bridgehead atoms. The van der Waals surface area contributed by atoms with Crippen LogP contribution in [0, 0.1) is 6.92 Å². The molecule has 0 radical (unpaired) electrons. The highest BCUT2D eigenvalue weighted by Crippen LogP contribution is 2.23. The summed E-state index contributed by atoms with van der Waals surface area (Å²) in [5, 5.41) is 8.44. The van der Waals surface area contributed by atoms with Crippen LogP contribution >= 0.6 is 11.8 Å². The number of thioether (sulfide) groups is 1. The molecule has 1 aromatic heterocycles. The molecule has 27 heavy (non-hydrogen) atoms. The summed E-state index contributed by atoms with van der Waals surface area (Å²) in [4.78, 5) is 14.0. The number of rotatable bonds is 7. The monoisotopic (exact) mass is 383 g/mol. The van der Waals surface area contributed by atoms with Crippen LogP contribution in [0.1, 0.15) is 11.1 Å². The van der Waals surface area contributed by atoms with Crippen molar-refractivity contribution in [1.82, 2.24) is 15.1 Å². The van der Waals surface area contributed by atoms with E-state index < -0.39 is 0 Å². The molecule has 3 aromatic rings. The first kappa shape index (κ1) is 19.0. The summed E-state index contributed by atoms with van der Waals surface area (Å²) in [5.74, 6) is 1.44. The van der Waals surface area contributed by atoms with Gasteiger partial charge in [-0.3, -0.25) is 4.79 Å². The Bertz CT molecular complexity index is 909. The maximum Gasteiger partial charge on any atom is 0.277 e. The summed E-state index contributed by atoms with van der Waals surface area (Å²) >= 11 is 1.24. The summed E-state index contributed by atoms with van der Waals surface area (Å²) in [6, 6.07) is 15.5. The van der Waals surface area contributed by atoms with Gasteiger partial charge in [-0.2, -0.15) is 0 Å². The number of benzene rings is 2. The normalized spacial score (nSPS) is 10.6. The molecule has 1 amide bonds. The number of amides is 1. The second kappa shape index (κ2) is 8.73. The molecule has 2 aromatic carbocycles. The molecule has 0 aliphatic rings. The molecule has 7 heteroatoms. The van der Waals surface area contributed by atoms with E-state index in [1.807, 2.05) is 55.5 Å². The summed E-state index contributed by atoms with van der Waals surface area (Å²) in [5.41, 5.74) is 3.04. The van der Waals surface area contributed by atoms with E-state index >= 15 is 0 Å². The molecule has 6 nitrogen and oxygen atoms in total. The van der Waals surface area contributed by atoms with E-state index in [2.05, 4.69) is 10.2 Å². The quantitative estimate of drug-likeness (QED) is 0.578. The number of nitrogens with zero attached hydrogens (tertiary/aromatic N) is 3. The Morgan fingerprint density at radius 1 is 1.19 bits per heavy atom. The molecule has 0 fully saturated rings. The maximum absolute atomic E-state index is 12.4. The fraction of sp³-hybridized carbons (Fsp3) is 0.250. The van der Waals surface area contributed by atoms with Gasteiger partial charge in [0.1, 0.15) is 5.75 Å². The van der Waals surface area contributed by atoms with Crippen LogP contribution in [-0.2, 0) is 11.3 Å². The van der Waals surface area contributed by atoms with Crippen LogP contribution in [0.15, 0.2) is 58.2 Å². The van der Waals surface area contributed by atoms with Crippen LogP contribution in [0.4, 0.5) is 0 Å². The Hall–Kier alpha value is -2.80. The van der Waals surface area contributed by atoms with Crippen molar-refractivity contribution in [2.45, 2.75) is 18.7 Å². The third kappa shape index (κ3) is 5.10. The van der Waals surface area contributed by atoms with E-state index in [0.29, 0.717) is 17.7 Å². The van der Waals surface area contributed by atoms with Crippen molar-refractivity contribution in [2.75, 3.05) is 19.9 Å². The predicted octanol–water partition coefficient (Wildman–Crippen LogP) is 3.80. The molecule has 0 saturated carbocycles. The highest BCUT2D eigenvalue weighted by Gasteiger charge is 2.14. The molecule has 1 heterocycles. The number of hydrogen-bond acceptors (Lipinski definition) is 6. The molecule has 0 saturated heterocycles. The molecule has 3 rings (SSSR count).